The van der Waals surface area contributed by atoms with Crippen molar-refractivity contribution in [2.24, 2.45) is 0 Å². The van der Waals surface area contributed by atoms with Crippen LogP contribution in [0, 0.1) is 11.6 Å². The molecule has 170 valence electrons. The predicted octanol–water partition coefficient (Wildman–Crippen LogP) is 5.10. The lowest BCUT2D eigenvalue weighted by Gasteiger charge is -2.19. The third-order valence-corrected chi connectivity index (χ3v) is 5.53. The first kappa shape index (κ1) is 22.3. The van der Waals surface area contributed by atoms with Crippen LogP contribution < -0.4 is 15.0 Å². The maximum atomic E-state index is 14.9. The van der Waals surface area contributed by atoms with Gasteiger partial charge in [0, 0.05) is 31.0 Å². The largest absolute Gasteiger partial charge is 0.507 e. The van der Waals surface area contributed by atoms with Gasteiger partial charge in [-0.05, 0) is 41.8 Å². The van der Waals surface area contributed by atoms with Gasteiger partial charge in [-0.15, -0.1) is 0 Å². The first-order valence-electron chi connectivity index (χ1n) is 10.4. The van der Waals surface area contributed by atoms with Gasteiger partial charge in [-0.2, -0.15) is 0 Å². The lowest BCUT2D eigenvalue weighted by molar-refractivity contribution is -0.117. The number of aromatic hydroxyl groups is 1. The van der Waals surface area contributed by atoms with E-state index >= 15 is 0 Å². The molecule has 2 amide bonds. The third kappa shape index (κ3) is 4.24. The zero-order chi connectivity index (χ0) is 23.7. The predicted molar refractivity (Wildman–Crippen MR) is 121 cm³/mol. The number of benzene rings is 3. The monoisotopic (exact) mass is 452 g/mol. The summed E-state index contributed by atoms with van der Waals surface area (Å²) in [6.45, 7) is 1.65. The molecular formula is C25H22F2N2O4. The third-order valence-electron chi connectivity index (χ3n) is 5.53. The lowest BCUT2D eigenvalue weighted by Crippen LogP contribution is -2.26. The highest BCUT2D eigenvalue weighted by molar-refractivity contribution is 5.96. The van der Waals surface area contributed by atoms with E-state index in [9.17, 15) is 23.5 Å². The van der Waals surface area contributed by atoms with Crippen molar-refractivity contribution in [3.05, 3.63) is 60.2 Å². The van der Waals surface area contributed by atoms with E-state index in [2.05, 4.69) is 5.32 Å². The Kier molecular flexibility index (Phi) is 6.00. The molecule has 0 atom stereocenters. The van der Waals surface area contributed by atoms with Crippen molar-refractivity contribution in [2.75, 3.05) is 23.9 Å². The number of ether oxygens (including phenoxy) is 1. The van der Waals surface area contributed by atoms with Gasteiger partial charge in [-0.1, -0.05) is 24.3 Å². The molecule has 6 nitrogen and oxygen atoms in total. The normalized spacial score (nSPS) is 13.3. The van der Waals surface area contributed by atoms with Gasteiger partial charge in [0.1, 0.15) is 17.2 Å². The van der Waals surface area contributed by atoms with Crippen LogP contribution in [0.1, 0.15) is 19.8 Å². The molecule has 4 rings (SSSR count). The van der Waals surface area contributed by atoms with Crippen LogP contribution in [0.15, 0.2) is 48.5 Å². The summed E-state index contributed by atoms with van der Waals surface area (Å²) < 4.78 is 35.1. The van der Waals surface area contributed by atoms with Crippen molar-refractivity contribution in [2.45, 2.75) is 19.8 Å². The average molecular weight is 452 g/mol. The molecule has 0 unspecified atom stereocenters. The van der Waals surface area contributed by atoms with Gasteiger partial charge in [0.2, 0.25) is 11.8 Å². The Bertz CT molecular complexity index is 1240. The summed E-state index contributed by atoms with van der Waals surface area (Å²) in [6.07, 6.45) is 0.806. The molecule has 0 saturated carbocycles. The SMILES string of the molecule is COc1cc(-c2cccc(-c3cc(F)c(N4CCCC4=O)c(F)c3)c2O)ccc1NC(C)=O. The zero-order valence-corrected chi connectivity index (χ0v) is 18.1. The molecule has 1 aliphatic rings. The minimum atomic E-state index is -0.869. The number of amides is 2. The quantitative estimate of drug-likeness (QED) is 0.565. The number of anilines is 2. The highest BCUT2D eigenvalue weighted by Gasteiger charge is 2.28. The van der Waals surface area contributed by atoms with Gasteiger partial charge >= 0.3 is 0 Å². The molecule has 0 aromatic heterocycles. The Morgan fingerprint density at radius 3 is 2.30 bits per heavy atom. The highest BCUT2D eigenvalue weighted by Crippen LogP contribution is 2.41. The number of carbonyl (C=O) groups excluding carboxylic acids is 2. The van der Waals surface area contributed by atoms with Crippen molar-refractivity contribution in [3.63, 3.8) is 0 Å². The summed E-state index contributed by atoms with van der Waals surface area (Å²) in [5.41, 5.74) is 1.48. The fraction of sp³-hybridized carbons (Fsp3) is 0.200. The van der Waals surface area contributed by atoms with E-state index in [0.717, 1.165) is 17.0 Å². The van der Waals surface area contributed by atoms with E-state index in [4.69, 9.17) is 4.74 Å². The molecule has 8 heteroatoms. The Morgan fingerprint density at radius 1 is 1.06 bits per heavy atom. The van der Waals surface area contributed by atoms with Crippen molar-refractivity contribution in [1.82, 2.24) is 0 Å². The number of phenolic OH excluding ortho intramolecular Hbond substituents is 1. The summed E-state index contributed by atoms with van der Waals surface area (Å²) in [7, 11) is 1.46. The molecule has 3 aromatic carbocycles. The first-order chi connectivity index (χ1) is 15.8. The molecule has 1 heterocycles. The number of nitrogens with one attached hydrogen (secondary N) is 1. The van der Waals surface area contributed by atoms with Crippen LogP contribution in [0.2, 0.25) is 0 Å². The smallest absolute Gasteiger partial charge is 0.227 e. The van der Waals surface area contributed by atoms with Crippen LogP contribution in [0.3, 0.4) is 0 Å². The number of hydrogen-bond donors (Lipinski definition) is 2. The first-order valence-corrected chi connectivity index (χ1v) is 10.4. The second-order valence-electron chi connectivity index (χ2n) is 7.74. The van der Waals surface area contributed by atoms with E-state index in [-0.39, 0.29) is 47.3 Å². The van der Waals surface area contributed by atoms with Crippen LogP contribution in [0.5, 0.6) is 11.5 Å². The Balaban J connectivity index is 1.75. The van der Waals surface area contributed by atoms with Crippen LogP contribution in [-0.4, -0.2) is 30.6 Å². The number of nitrogens with zero attached hydrogens (tertiary/aromatic N) is 1. The van der Waals surface area contributed by atoms with E-state index in [0.29, 0.717) is 29.0 Å². The van der Waals surface area contributed by atoms with Crippen LogP contribution in [-0.2, 0) is 9.59 Å². The van der Waals surface area contributed by atoms with Gasteiger partial charge in [0.05, 0.1) is 12.8 Å². The van der Waals surface area contributed by atoms with Crippen molar-refractivity contribution >= 4 is 23.2 Å². The summed E-state index contributed by atoms with van der Waals surface area (Å²) in [4.78, 5) is 24.4. The topological polar surface area (TPSA) is 78.9 Å². The van der Waals surface area contributed by atoms with E-state index in [1.54, 1.807) is 36.4 Å². The van der Waals surface area contributed by atoms with Crippen LogP contribution >= 0.6 is 0 Å². The molecular weight excluding hydrogens is 430 g/mol. The Morgan fingerprint density at radius 2 is 1.73 bits per heavy atom. The van der Waals surface area contributed by atoms with Crippen LogP contribution in [0.4, 0.5) is 20.2 Å². The van der Waals surface area contributed by atoms with Gasteiger partial charge in [-0.25, -0.2) is 8.78 Å². The van der Waals surface area contributed by atoms with Gasteiger partial charge in [-0.3, -0.25) is 9.59 Å². The standard InChI is InChI=1S/C25H22F2N2O4/c1-14(30)28-21-9-8-15(13-22(21)33-2)17-5-3-6-18(25(17)32)16-11-19(26)24(20(27)12-16)29-10-4-7-23(29)31/h3,5-6,8-9,11-13,32H,4,7,10H2,1-2H3,(H,28,30). The molecule has 0 spiro atoms. The van der Waals surface area contributed by atoms with Gasteiger partial charge in [0.15, 0.2) is 11.6 Å². The highest BCUT2D eigenvalue weighted by atomic mass is 19.1. The maximum absolute atomic E-state index is 14.9. The number of rotatable bonds is 5. The molecule has 33 heavy (non-hydrogen) atoms. The summed E-state index contributed by atoms with van der Waals surface area (Å²) >= 11 is 0. The van der Waals surface area contributed by atoms with E-state index < -0.39 is 11.6 Å². The number of halogens is 2. The lowest BCUT2D eigenvalue weighted by atomic mass is 9.96. The molecule has 3 aromatic rings. The fourth-order valence-corrected chi connectivity index (χ4v) is 4.02. The number of carbonyl (C=O) groups is 2. The summed E-state index contributed by atoms with van der Waals surface area (Å²) in [5, 5.41) is 13.6. The Hall–Kier alpha value is -3.94. The van der Waals surface area contributed by atoms with Gasteiger partial charge < -0.3 is 20.1 Å². The minimum absolute atomic E-state index is 0.140. The molecule has 1 aliphatic heterocycles. The fourth-order valence-electron chi connectivity index (χ4n) is 4.02. The second-order valence-corrected chi connectivity index (χ2v) is 7.74. The Labute approximate surface area is 189 Å². The molecule has 1 saturated heterocycles. The van der Waals surface area contributed by atoms with E-state index in [1.165, 1.54) is 14.0 Å². The average Bonchev–Trinajstić information content (AvgIpc) is 3.19. The summed E-state index contributed by atoms with van der Waals surface area (Å²) in [6, 6.07) is 12.1. The molecule has 1 fully saturated rings. The van der Waals surface area contributed by atoms with Crippen molar-refractivity contribution < 1.29 is 28.2 Å². The molecule has 0 bridgehead atoms. The molecule has 2 N–H and O–H groups in total. The zero-order valence-electron chi connectivity index (χ0n) is 18.1. The van der Waals surface area contributed by atoms with E-state index in [1.807, 2.05) is 0 Å². The van der Waals surface area contributed by atoms with Gasteiger partial charge in [0.25, 0.3) is 0 Å². The number of methoxy groups -OCH3 is 1. The second kappa shape index (κ2) is 8.90. The maximum Gasteiger partial charge on any atom is 0.227 e. The number of phenols is 1. The number of para-hydroxylation sites is 1. The minimum Gasteiger partial charge on any atom is -0.507 e. The summed E-state index contributed by atoms with van der Waals surface area (Å²) in [5.74, 6) is -2.09. The van der Waals surface area contributed by atoms with Crippen LogP contribution in [0.25, 0.3) is 22.3 Å². The van der Waals surface area contributed by atoms with Crippen molar-refractivity contribution in [1.29, 1.82) is 0 Å². The molecule has 0 aliphatic carbocycles. The van der Waals surface area contributed by atoms with Crippen molar-refractivity contribution in [3.8, 4) is 33.8 Å². The number of hydrogen-bond acceptors (Lipinski definition) is 4. The molecule has 0 radical (unpaired) electrons.